The summed E-state index contributed by atoms with van der Waals surface area (Å²) in [5.41, 5.74) is 11.0. The molecule has 0 unspecified atom stereocenters. The maximum atomic E-state index is 6.82. The number of nitrogens with zero attached hydrogens (tertiary/aromatic N) is 5. The molecule has 0 spiro atoms. The number of fused-ring (bicyclic) bond motifs is 14. The van der Waals surface area contributed by atoms with Crippen molar-refractivity contribution in [3.63, 3.8) is 0 Å². The molecule has 6 nitrogen and oxygen atoms in total. The topological polar surface area (TPSA) is 61.7 Å². The molecule has 0 fully saturated rings. The largest absolute Gasteiger partial charge is 0.456 e. The number of para-hydroxylation sites is 3. The van der Waals surface area contributed by atoms with Crippen molar-refractivity contribution in [1.29, 1.82) is 0 Å². The summed E-state index contributed by atoms with van der Waals surface area (Å²) in [6.45, 7) is 0. The van der Waals surface area contributed by atoms with Gasteiger partial charge >= 0.3 is 0 Å². The van der Waals surface area contributed by atoms with Crippen molar-refractivity contribution in [2.24, 2.45) is 0 Å². The van der Waals surface area contributed by atoms with E-state index in [1.54, 1.807) is 0 Å². The summed E-state index contributed by atoms with van der Waals surface area (Å²) in [5.74, 6) is 1.80. The molecule has 320 valence electrons. The van der Waals surface area contributed by atoms with Crippen molar-refractivity contribution in [3.8, 4) is 45.5 Å². The van der Waals surface area contributed by atoms with Crippen molar-refractivity contribution in [2.75, 3.05) is 0 Å². The fourth-order valence-electron chi connectivity index (χ4n) is 11.1. The van der Waals surface area contributed by atoms with Gasteiger partial charge in [0.2, 0.25) is 0 Å². The second kappa shape index (κ2) is 14.6. The molecule has 0 radical (unpaired) electrons. The molecular formula is C63H37N5O. The first kappa shape index (κ1) is 37.8. The monoisotopic (exact) mass is 879 g/mol. The number of hydrogen-bond acceptors (Lipinski definition) is 4. The zero-order valence-corrected chi connectivity index (χ0v) is 37.0. The fraction of sp³-hybridized carbons (Fsp3) is 0. The van der Waals surface area contributed by atoms with Gasteiger partial charge in [0.25, 0.3) is 0 Å². The minimum atomic E-state index is 0.589. The summed E-state index contributed by atoms with van der Waals surface area (Å²) in [7, 11) is 0. The molecular weight excluding hydrogens is 843 g/mol. The van der Waals surface area contributed by atoms with Gasteiger partial charge in [-0.05, 0) is 99.0 Å². The molecule has 11 aromatic carbocycles. The molecule has 0 aliphatic heterocycles. The number of aromatic nitrogens is 5. The van der Waals surface area contributed by atoms with E-state index in [9.17, 15) is 0 Å². The van der Waals surface area contributed by atoms with Crippen molar-refractivity contribution in [1.82, 2.24) is 24.1 Å². The third-order valence-corrected chi connectivity index (χ3v) is 14.1. The number of furan rings is 1. The Morgan fingerprint density at radius 3 is 1.81 bits per heavy atom. The molecule has 15 rings (SSSR count). The smallest absolute Gasteiger partial charge is 0.166 e. The first-order chi connectivity index (χ1) is 34.2. The highest BCUT2D eigenvalue weighted by Crippen LogP contribution is 2.45. The zero-order chi connectivity index (χ0) is 45.2. The van der Waals surface area contributed by atoms with Gasteiger partial charge in [0, 0.05) is 49.3 Å². The van der Waals surface area contributed by atoms with E-state index in [1.165, 1.54) is 37.7 Å². The van der Waals surface area contributed by atoms with E-state index in [0.717, 1.165) is 88.2 Å². The van der Waals surface area contributed by atoms with E-state index in [0.29, 0.717) is 17.5 Å². The maximum Gasteiger partial charge on any atom is 0.166 e. The summed E-state index contributed by atoms with van der Waals surface area (Å²) in [6.07, 6.45) is 0. The average molecular weight is 880 g/mol. The molecule has 69 heavy (non-hydrogen) atoms. The lowest BCUT2D eigenvalue weighted by atomic mass is 10.00. The minimum absolute atomic E-state index is 0.589. The number of rotatable bonds is 5. The van der Waals surface area contributed by atoms with Crippen LogP contribution in [0.1, 0.15) is 0 Å². The standard InChI is InChI=1S/C63H37N5O/c1-3-16-40(17-4-1)61-64-62(66-63(65-61)48-25-13-24-47-46-23-11-12-26-51(46)67(60(47)48)44-20-5-2-6-21-44)43-30-29-39-32-34-56-58(49(39)36-43)59-52(27-14-28-55(59)69-56)68-53-33-31-38-15-9-10-22-45(38)57(53)50-35-41-18-7-8-19-42(41)37-54(50)68/h1-37H. The molecule has 0 bridgehead atoms. The van der Waals surface area contributed by atoms with Gasteiger partial charge in [-0.3, -0.25) is 0 Å². The van der Waals surface area contributed by atoms with Crippen LogP contribution >= 0.6 is 0 Å². The predicted octanol–water partition coefficient (Wildman–Crippen LogP) is 16.4. The van der Waals surface area contributed by atoms with Gasteiger partial charge in [-0.2, -0.15) is 0 Å². The van der Waals surface area contributed by atoms with E-state index in [4.69, 9.17) is 19.4 Å². The summed E-state index contributed by atoms with van der Waals surface area (Å²) < 4.78 is 11.6. The Morgan fingerprint density at radius 1 is 0.319 bits per heavy atom. The second-order valence-corrected chi connectivity index (χ2v) is 17.9. The normalized spacial score (nSPS) is 12.1. The van der Waals surface area contributed by atoms with Crippen LogP contribution in [0.5, 0.6) is 0 Å². The van der Waals surface area contributed by atoms with Crippen LogP contribution in [0.15, 0.2) is 229 Å². The summed E-state index contributed by atoms with van der Waals surface area (Å²) in [6, 6.07) is 79.6. The van der Waals surface area contributed by atoms with Gasteiger partial charge in [-0.15, -0.1) is 0 Å². The van der Waals surface area contributed by atoms with Crippen molar-refractivity contribution >= 4 is 97.9 Å². The maximum absolute atomic E-state index is 6.82. The molecule has 0 saturated carbocycles. The van der Waals surface area contributed by atoms with Crippen LogP contribution in [0.3, 0.4) is 0 Å². The third-order valence-electron chi connectivity index (χ3n) is 14.1. The van der Waals surface area contributed by atoms with Crippen LogP contribution < -0.4 is 0 Å². The first-order valence-electron chi connectivity index (χ1n) is 23.3. The van der Waals surface area contributed by atoms with Crippen LogP contribution in [0.2, 0.25) is 0 Å². The van der Waals surface area contributed by atoms with Gasteiger partial charge in [0.1, 0.15) is 11.2 Å². The van der Waals surface area contributed by atoms with Crippen LogP contribution in [-0.4, -0.2) is 24.1 Å². The lowest BCUT2D eigenvalue weighted by Gasteiger charge is -2.13. The Morgan fingerprint density at radius 2 is 0.957 bits per heavy atom. The predicted molar refractivity (Wildman–Crippen MR) is 285 cm³/mol. The molecule has 0 aliphatic rings. The van der Waals surface area contributed by atoms with Crippen LogP contribution in [-0.2, 0) is 0 Å². The lowest BCUT2D eigenvalue weighted by Crippen LogP contribution is -2.02. The molecule has 4 aromatic heterocycles. The lowest BCUT2D eigenvalue weighted by molar-refractivity contribution is 0.669. The fourth-order valence-corrected chi connectivity index (χ4v) is 11.1. The molecule has 0 atom stereocenters. The van der Waals surface area contributed by atoms with Crippen molar-refractivity contribution in [3.05, 3.63) is 224 Å². The van der Waals surface area contributed by atoms with E-state index in [1.807, 2.05) is 18.2 Å². The Bertz CT molecular complexity index is 4600. The van der Waals surface area contributed by atoms with Gasteiger partial charge < -0.3 is 13.6 Å². The number of benzene rings is 11. The third kappa shape index (κ3) is 5.63. The SMILES string of the molecule is c1ccc(-c2nc(-c3ccc4ccc5oc6cccc(-n7c8cc9ccccc9cc8c8c9ccccc9ccc87)c6c5c4c3)nc(-c3cccc4c5ccccc5n(-c5ccccc5)c34)n2)cc1. The second-order valence-electron chi connectivity index (χ2n) is 17.9. The van der Waals surface area contributed by atoms with Gasteiger partial charge in [0.05, 0.1) is 33.1 Å². The highest BCUT2D eigenvalue weighted by molar-refractivity contribution is 6.26. The summed E-state index contributed by atoms with van der Waals surface area (Å²) in [4.78, 5) is 15.9. The molecule has 0 saturated heterocycles. The van der Waals surface area contributed by atoms with Crippen LogP contribution in [0, 0.1) is 0 Å². The highest BCUT2D eigenvalue weighted by atomic mass is 16.3. The van der Waals surface area contributed by atoms with Gasteiger partial charge in [0.15, 0.2) is 17.5 Å². The Balaban J connectivity index is 0.996. The van der Waals surface area contributed by atoms with E-state index >= 15 is 0 Å². The minimum Gasteiger partial charge on any atom is -0.456 e. The highest BCUT2D eigenvalue weighted by Gasteiger charge is 2.23. The Kier molecular flexibility index (Phi) is 7.97. The molecule has 0 N–H and O–H groups in total. The van der Waals surface area contributed by atoms with Crippen molar-refractivity contribution in [2.45, 2.75) is 0 Å². The Labute approximate surface area is 394 Å². The average Bonchev–Trinajstić information content (AvgIpc) is 4.08. The van der Waals surface area contributed by atoms with E-state index in [2.05, 4.69) is 215 Å². The van der Waals surface area contributed by atoms with Gasteiger partial charge in [-0.1, -0.05) is 158 Å². The van der Waals surface area contributed by atoms with E-state index in [-0.39, 0.29) is 0 Å². The molecule has 4 heterocycles. The van der Waals surface area contributed by atoms with Crippen LogP contribution in [0.4, 0.5) is 0 Å². The van der Waals surface area contributed by atoms with Crippen LogP contribution in [0.25, 0.3) is 143 Å². The summed E-state index contributed by atoms with van der Waals surface area (Å²) in [5, 5.41) is 13.9. The zero-order valence-electron chi connectivity index (χ0n) is 37.0. The molecule has 6 heteroatoms. The van der Waals surface area contributed by atoms with Crippen molar-refractivity contribution < 1.29 is 4.42 Å². The molecule has 0 amide bonds. The quantitative estimate of drug-likeness (QED) is 0.173. The molecule has 15 aromatic rings. The summed E-state index contributed by atoms with van der Waals surface area (Å²) >= 11 is 0. The van der Waals surface area contributed by atoms with E-state index < -0.39 is 0 Å². The molecule has 0 aliphatic carbocycles. The van der Waals surface area contributed by atoms with Gasteiger partial charge in [-0.25, -0.2) is 15.0 Å². The number of hydrogen-bond donors (Lipinski definition) is 0. The first-order valence-corrected chi connectivity index (χ1v) is 23.3. The Hall–Kier alpha value is -9.39.